The summed E-state index contributed by atoms with van der Waals surface area (Å²) in [6, 6.07) is 2.14. The molecule has 1 aromatic heterocycles. The van der Waals surface area contributed by atoms with Gasteiger partial charge in [-0.05, 0) is 13.8 Å². The van der Waals surface area contributed by atoms with Crippen LogP contribution in [0.5, 0.6) is 5.75 Å². The summed E-state index contributed by atoms with van der Waals surface area (Å²) in [5.41, 5.74) is 0.227. The molecule has 0 aliphatic carbocycles. The highest BCUT2D eigenvalue weighted by Crippen LogP contribution is 2.36. The van der Waals surface area contributed by atoms with Crippen LogP contribution in [-0.4, -0.2) is 40.6 Å². The van der Waals surface area contributed by atoms with Gasteiger partial charge in [0.2, 0.25) is 0 Å². The Balaban J connectivity index is 2.38. The number of halogens is 2. The minimum Gasteiger partial charge on any atom is -0.490 e. The lowest BCUT2D eigenvalue weighted by molar-refractivity contribution is -0.385. The molecular weight excluding hydrogens is 346 g/mol. The van der Waals surface area contributed by atoms with Gasteiger partial charge in [-0.3, -0.25) is 14.8 Å². The van der Waals surface area contributed by atoms with Crippen LogP contribution in [0.1, 0.15) is 19.5 Å². The van der Waals surface area contributed by atoms with Gasteiger partial charge in [0.15, 0.2) is 5.75 Å². The molecule has 0 radical (unpaired) electrons. The summed E-state index contributed by atoms with van der Waals surface area (Å²) in [6.07, 6.45) is 1.92. The van der Waals surface area contributed by atoms with Crippen molar-refractivity contribution in [3.63, 3.8) is 0 Å². The van der Waals surface area contributed by atoms with Crippen LogP contribution in [0.2, 0.25) is 0 Å². The summed E-state index contributed by atoms with van der Waals surface area (Å²) in [6.45, 7) is 3.40. The quantitative estimate of drug-likeness (QED) is 0.572. The minimum absolute atomic E-state index is 0.0744. The van der Waals surface area contributed by atoms with E-state index in [0.717, 1.165) is 12.1 Å². The van der Waals surface area contributed by atoms with Crippen molar-refractivity contribution in [1.29, 1.82) is 0 Å². The van der Waals surface area contributed by atoms with E-state index in [4.69, 9.17) is 4.74 Å². The van der Waals surface area contributed by atoms with E-state index in [1.54, 1.807) is 25.6 Å². The first-order valence-electron chi connectivity index (χ1n) is 8.04. The Labute approximate surface area is 150 Å². The number of hydrogen-bond donors (Lipinski definition) is 1. The van der Waals surface area contributed by atoms with Crippen molar-refractivity contribution >= 4 is 5.69 Å². The number of methoxy groups -OCH3 is 1. The first-order valence-corrected chi connectivity index (χ1v) is 8.04. The molecule has 0 atom stereocenters. The van der Waals surface area contributed by atoms with Crippen LogP contribution < -0.4 is 10.1 Å². The van der Waals surface area contributed by atoms with Gasteiger partial charge in [0.1, 0.15) is 12.5 Å². The molecule has 0 aliphatic heterocycles. The van der Waals surface area contributed by atoms with E-state index >= 15 is 0 Å². The number of nitrogens with zero attached hydrogens (tertiary/aromatic N) is 3. The smallest absolute Gasteiger partial charge is 0.311 e. The van der Waals surface area contributed by atoms with Gasteiger partial charge in [0.05, 0.1) is 18.2 Å². The summed E-state index contributed by atoms with van der Waals surface area (Å²) in [7, 11) is 2.95. The molecule has 0 saturated carbocycles. The number of nitrogens with one attached hydrogen (secondary N) is 1. The SMILES string of the molecule is COc1cc(F)c(-c2cnn(C)c2CCNC(C)(C)CF)cc1[N+](=O)[O-]. The molecule has 0 aliphatic rings. The van der Waals surface area contributed by atoms with Gasteiger partial charge in [-0.15, -0.1) is 0 Å². The van der Waals surface area contributed by atoms with Crippen LogP contribution >= 0.6 is 0 Å². The van der Waals surface area contributed by atoms with Gasteiger partial charge in [-0.2, -0.15) is 5.10 Å². The molecule has 0 bridgehead atoms. The van der Waals surface area contributed by atoms with Crippen LogP contribution in [0.25, 0.3) is 11.1 Å². The Kier molecular flexibility index (Phi) is 5.91. The first-order chi connectivity index (χ1) is 12.2. The molecule has 9 heteroatoms. The summed E-state index contributed by atoms with van der Waals surface area (Å²) in [4.78, 5) is 10.6. The standard InChI is InChI=1S/C17H22F2N4O3/c1-17(2,10-18)20-6-5-14-12(9-21-22(14)3)11-7-15(23(24)25)16(26-4)8-13(11)19/h7-9,20H,5-6,10H2,1-4H3. The number of nitro groups is 1. The highest BCUT2D eigenvalue weighted by atomic mass is 19.1. The van der Waals surface area contributed by atoms with Crippen LogP contribution in [0.15, 0.2) is 18.3 Å². The van der Waals surface area contributed by atoms with E-state index in [9.17, 15) is 18.9 Å². The third-order valence-electron chi connectivity index (χ3n) is 4.12. The second-order valence-corrected chi connectivity index (χ2v) is 6.58. The average Bonchev–Trinajstić information content (AvgIpc) is 2.95. The van der Waals surface area contributed by atoms with Gasteiger partial charge in [-0.1, -0.05) is 0 Å². The van der Waals surface area contributed by atoms with Crippen molar-refractivity contribution in [2.24, 2.45) is 7.05 Å². The molecule has 0 fully saturated rings. The van der Waals surface area contributed by atoms with Crippen molar-refractivity contribution in [1.82, 2.24) is 15.1 Å². The van der Waals surface area contributed by atoms with Crippen molar-refractivity contribution in [2.45, 2.75) is 25.8 Å². The molecule has 1 heterocycles. The zero-order valence-electron chi connectivity index (χ0n) is 15.2. The van der Waals surface area contributed by atoms with Crippen molar-refractivity contribution < 1.29 is 18.4 Å². The predicted molar refractivity (Wildman–Crippen MR) is 93.6 cm³/mol. The molecule has 1 N–H and O–H groups in total. The van der Waals surface area contributed by atoms with E-state index in [2.05, 4.69) is 10.4 Å². The topological polar surface area (TPSA) is 82.2 Å². The van der Waals surface area contributed by atoms with E-state index in [1.165, 1.54) is 13.3 Å². The summed E-state index contributed by atoms with van der Waals surface area (Å²) < 4.78 is 33.9. The highest BCUT2D eigenvalue weighted by Gasteiger charge is 2.23. The Hall–Kier alpha value is -2.55. The first kappa shape index (κ1) is 19.8. The molecule has 0 unspecified atom stereocenters. The monoisotopic (exact) mass is 368 g/mol. The number of aryl methyl sites for hydroxylation is 1. The summed E-state index contributed by atoms with van der Waals surface area (Å²) >= 11 is 0. The molecule has 0 amide bonds. The Morgan fingerprint density at radius 2 is 2.08 bits per heavy atom. The zero-order chi connectivity index (χ0) is 19.5. The Morgan fingerprint density at radius 1 is 1.38 bits per heavy atom. The van der Waals surface area contributed by atoms with Crippen molar-refractivity contribution in [3.8, 4) is 16.9 Å². The zero-order valence-corrected chi connectivity index (χ0v) is 15.2. The fourth-order valence-corrected chi connectivity index (χ4v) is 2.61. The lowest BCUT2D eigenvalue weighted by Gasteiger charge is -2.22. The molecule has 2 rings (SSSR count). The molecule has 26 heavy (non-hydrogen) atoms. The minimum atomic E-state index is -0.664. The van der Waals surface area contributed by atoms with Crippen molar-refractivity contribution in [2.75, 3.05) is 20.3 Å². The normalized spacial score (nSPS) is 11.6. The number of aromatic nitrogens is 2. The van der Waals surface area contributed by atoms with Gasteiger partial charge in [0.25, 0.3) is 0 Å². The number of hydrogen-bond acceptors (Lipinski definition) is 5. The highest BCUT2D eigenvalue weighted by molar-refractivity contribution is 5.71. The number of ether oxygens (including phenoxy) is 1. The number of benzene rings is 1. The maximum Gasteiger partial charge on any atom is 0.311 e. The van der Waals surface area contributed by atoms with E-state index in [0.29, 0.717) is 24.2 Å². The van der Waals surface area contributed by atoms with E-state index in [1.807, 2.05) is 0 Å². The van der Waals surface area contributed by atoms with Gasteiger partial charge in [0, 0.05) is 54.5 Å². The molecule has 2 aromatic rings. The second-order valence-electron chi connectivity index (χ2n) is 6.58. The van der Waals surface area contributed by atoms with Crippen LogP contribution in [0, 0.1) is 15.9 Å². The van der Waals surface area contributed by atoms with Crippen LogP contribution in [0.4, 0.5) is 14.5 Å². The molecule has 7 nitrogen and oxygen atoms in total. The maximum absolute atomic E-state index is 14.5. The third-order valence-corrected chi connectivity index (χ3v) is 4.12. The lowest BCUT2D eigenvalue weighted by Crippen LogP contribution is -2.42. The fourth-order valence-electron chi connectivity index (χ4n) is 2.61. The van der Waals surface area contributed by atoms with Crippen LogP contribution in [0.3, 0.4) is 0 Å². The molecule has 0 spiro atoms. The summed E-state index contributed by atoms with van der Waals surface area (Å²) in [5.74, 6) is -0.785. The van der Waals surface area contributed by atoms with Gasteiger partial charge in [-0.25, -0.2) is 8.78 Å². The Bertz CT molecular complexity index is 806. The number of nitro benzene ring substituents is 1. The van der Waals surface area contributed by atoms with E-state index < -0.39 is 23.0 Å². The fraction of sp³-hybridized carbons (Fsp3) is 0.471. The van der Waals surface area contributed by atoms with E-state index in [-0.39, 0.29) is 17.0 Å². The predicted octanol–water partition coefficient (Wildman–Crippen LogP) is 3.02. The number of rotatable bonds is 8. The third kappa shape index (κ3) is 4.16. The van der Waals surface area contributed by atoms with Gasteiger partial charge < -0.3 is 10.1 Å². The molecule has 1 aromatic carbocycles. The second kappa shape index (κ2) is 7.77. The maximum atomic E-state index is 14.5. The number of alkyl halides is 1. The summed E-state index contributed by atoms with van der Waals surface area (Å²) in [5, 5.41) is 18.4. The lowest BCUT2D eigenvalue weighted by atomic mass is 10.0. The molecule has 142 valence electrons. The Morgan fingerprint density at radius 3 is 2.65 bits per heavy atom. The van der Waals surface area contributed by atoms with Crippen LogP contribution in [-0.2, 0) is 13.5 Å². The average molecular weight is 368 g/mol. The van der Waals surface area contributed by atoms with Gasteiger partial charge >= 0.3 is 5.69 Å². The molecular formula is C17H22F2N4O3. The molecule has 0 saturated heterocycles. The van der Waals surface area contributed by atoms with Crippen molar-refractivity contribution in [3.05, 3.63) is 40.0 Å². The largest absolute Gasteiger partial charge is 0.490 e.